The molecule has 0 spiro atoms. The number of hydrogen-bond acceptors (Lipinski definition) is 7. The van der Waals surface area contributed by atoms with Crippen molar-refractivity contribution in [3.8, 4) is 0 Å². The van der Waals surface area contributed by atoms with E-state index in [1.807, 2.05) is 18.2 Å². The van der Waals surface area contributed by atoms with Gasteiger partial charge in [-0.1, -0.05) is 6.07 Å². The van der Waals surface area contributed by atoms with Gasteiger partial charge in [0.2, 0.25) is 0 Å². The Morgan fingerprint density at radius 2 is 1.83 bits per heavy atom. The molecule has 0 aliphatic rings. The van der Waals surface area contributed by atoms with Crippen LogP contribution in [0.5, 0.6) is 0 Å². The van der Waals surface area contributed by atoms with Crippen molar-refractivity contribution in [3.63, 3.8) is 0 Å². The first kappa shape index (κ1) is 18.0. The second-order valence-electron chi connectivity index (χ2n) is 5.13. The lowest BCUT2D eigenvalue weighted by molar-refractivity contribution is 0.507. The maximum Gasteiger partial charge on any atom is 0.278 e. The molecule has 2 aromatic rings. The molecule has 2 heterocycles. The highest BCUT2D eigenvalue weighted by Gasteiger charge is 2.11. The van der Waals surface area contributed by atoms with E-state index in [2.05, 4.69) is 30.3 Å². The van der Waals surface area contributed by atoms with Crippen LogP contribution in [0.3, 0.4) is 0 Å². The van der Waals surface area contributed by atoms with Crippen molar-refractivity contribution < 1.29 is 8.42 Å². The van der Waals surface area contributed by atoms with Crippen molar-refractivity contribution in [1.29, 1.82) is 0 Å². The number of nitrogens with one attached hydrogen (secondary N) is 3. The van der Waals surface area contributed by atoms with Crippen LogP contribution in [0.2, 0.25) is 0 Å². The van der Waals surface area contributed by atoms with Crippen molar-refractivity contribution in [1.82, 2.24) is 24.0 Å². The average Bonchev–Trinajstić information content (AvgIpc) is 2.52. The van der Waals surface area contributed by atoms with E-state index in [0.29, 0.717) is 29.8 Å². The van der Waals surface area contributed by atoms with Gasteiger partial charge in [0.1, 0.15) is 23.3 Å². The largest absolute Gasteiger partial charge is 0.369 e. The molecule has 0 bridgehead atoms. The van der Waals surface area contributed by atoms with Crippen molar-refractivity contribution in [2.75, 3.05) is 37.8 Å². The molecule has 0 radical (unpaired) electrons. The van der Waals surface area contributed by atoms with Gasteiger partial charge in [0, 0.05) is 39.4 Å². The Hall–Kier alpha value is -2.30. The predicted molar refractivity (Wildman–Crippen MR) is 93.4 cm³/mol. The zero-order valence-corrected chi connectivity index (χ0v) is 14.6. The fraction of sp³-hybridized carbons (Fsp3) is 0.357. The number of aryl methyl sites for hydroxylation is 1. The molecule has 0 aliphatic carbocycles. The molecule has 0 saturated heterocycles. The smallest absolute Gasteiger partial charge is 0.278 e. The molecule has 0 fully saturated rings. The number of aromatic nitrogens is 3. The van der Waals surface area contributed by atoms with Crippen LogP contribution in [0.25, 0.3) is 0 Å². The molecule has 24 heavy (non-hydrogen) atoms. The molecular weight excluding hydrogens is 330 g/mol. The fourth-order valence-corrected chi connectivity index (χ4v) is 2.41. The highest BCUT2D eigenvalue weighted by molar-refractivity contribution is 7.87. The van der Waals surface area contributed by atoms with Crippen molar-refractivity contribution in [2.24, 2.45) is 0 Å². The second-order valence-corrected chi connectivity index (χ2v) is 7.10. The third-order valence-electron chi connectivity index (χ3n) is 2.96. The predicted octanol–water partition coefficient (Wildman–Crippen LogP) is 0.732. The first-order valence-corrected chi connectivity index (χ1v) is 8.75. The monoisotopic (exact) mass is 351 g/mol. The van der Waals surface area contributed by atoms with Crippen LogP contribution in [0.1, 0.15) is 5.82 Å². The van der Waals surface area contributed by atoms with Crippen LogP contribution < -0.4 is 15.4 Å². The summed E-state index contributed by atoms with van der Waals surface area (Å²) < 4.78 is 26.8. The van der Waals surface area contributed by atoms with E-state index in [1.54, 1.807) is 19.2 Å². The molecule has 0 aromatic carbocycles. The standard InChI is InChI=1S/C14H21N7O2S/c1-11-18-13(16-8-9-17-24(22,23)21(2)3)10-14(19-11)20-12-6-4-5-7-15-12/h4-7,10,17H,8-9H2,1-3H3,(H2,15,16,18,19,20). The van der Waals surface area contributed by atoms with E-state index in [0.717, 1.165) is 4.31 Å². The molecule has 3 N–H and O–H groups in total. The lowest BCUT2D eigenvalue weighted by atomic mass is 10.4. The topological polar surface area (TPSA) is 112 Å². The highest BCUT2D eigenvalue weighted by Crippen LogP contribution is 2.15. The zero-order valence-electron chi connectivity index (χ0n) is 13.8. The minimum Gasteiger partial charge on any atom is -0.369 e. The van der Waals surface area contributed by atoms with E-state index in [9.17, 15) is 8.42 Å². The minimum absolute atomic E-state index is 0.243. The van der Waals surface area contributed by atoms with Gasteiger partial charge in [-0.05, 0) is 19.1 Å². The van der Waals surface area contributed by atoms with Gasteiger partial charge in [0.15, 0.2) is 0 Å². The van der Waals surface area contributed by atoms with Gasteiger partial charge in [0.05, 0.1) is 0 Å². The van der Waals surface area contributed by atoms with E-state index >= 15 is 0 Å². The van der Waals surface area contributed by atoms with Gasteiger partial charge in [-0.25, -0.2) is 19.7 Å². The Balaban J connectivity index is 1.94. The Labute approximate surface area is 141 Å². The number of pyridine rings is 1. The number of hydrogen-bond donors (Lipinski definition) is 3. The molecule has 0 atom stereocenters. The van der Waals surface area contributed by atoms with Crippen LogP contribution in [0, 0.1) is 6.92 Å². The van der Waals surface area contributed by atoms with Crippen LogP contribution >= 0.6 is 0 Å². The van der Waals surface area contributed by atoms with E-state index in [-0.39, 0.29) is 6.54 Å². The van der Waals surface area contributed by atoms with E-state index < -0.39 is 10.2 Å². The van der Waals surface area contributed by atoms with Gasteiger partial charge >= 0.3 is 0 Å². The van der Waals surface area contributed by atoms with Crippen LogP contribution in [0.15, 0.2) is 30.5 Å². The Morgan fingerprint density at radius 1 is 1.08 bits per heavy atom. The maximum atomic E-state index is 11.6. The summed E-state index contributed by atoms with van der Waals surface area (Å²) in [5.41, 5.74) is 0. The molecule has 9 nitrogen and oxygen atoms in total. The quantitative estimate of drug-likeness (QED) is 0.601. The summed E-state index contributed by atoms with van der Waals surface area (Å²) in [7, 11) is -0.477. The van der Waals surface area contributed by atoms with E-state index in [4.69, 9.17) is 0 Å². The molecule has 0 saturated carbocycles. The summed E-state index contributed by atoms with van der Waals surface area (Å²) in [6.45, 7) is 2.42. The maximum absolute atomic E-state index is 11.6. The lowest BCUT2D eigenvalue weighted by Gasteiger charge is -2.13. The molecule has 0 unspecified atom stereocenters. The van der Waals surface area contributed by atoms with Gasteiger partial charge in [-0.3, -0.25) is 0 Å². The summed E-state index contributed by atoms with van der Waals surface area (Å²) in [6, 6.07) is 7.28. The Morgan fingerprint density at radius 3 is 2.50 bits per heavy atom. The number of rotatable bonds is 8. The molecule has 0 aliphatic heterocycles. The first-order valence-electron chi connectivity index (χ1n) is 7.31. The Kier molecular flexibility index (Phi) is 6.01. The van der Waals surface area contributed by atoms with Crippen LogP contribution in [-0.4, -0.2) is 54.9 Å². The van der Waals surface area contributed by atoms with Gasteiger partial charge < -0.3 is 10.6 Å². The zero-order chi connectivity index (χ0) is 17.6. The van der Waals surface area contributed by atoms with Crippen molar-refractivity contribution >= 4 is 27.7 Å². The molecule has 2 rings (SSSR count). The summed E-state index contributed by atoms with van der Waals surface area (Å²) in [5.74, 6) is 2.48. The highest BCUT2D eigenvalue weighted by atomic mass is 32.2. The lowest BCUT2D eigenvalue weighted by Crippen LogP contribution is -2.38. The fourth-order valence-electron chi connectivity index (χ4n) is 1.79. The summed E-state index contributed by atoms with van der Waals surface area (Å²) in [5, 5.41) is 6.16. The molecule has 2 aromatic heterocycles. The van der Waals surface area contributed by atoms with Crippen LogP contribution in [-0.2, 0) is 10.2 Å². The normalized spacial score (nSPS) is 11.5. The third-order valence-corrected chi connectivity index (χ3v) is 4.49. The molecule has 0 amide bonds. The van der Waals surface area contributed by atoms with Crippen molar-refractivity contribution in [2.45, 2.75) is 6.92 Å². The third kappa shape index (κ3) is 5.41. The Bertz CT molecular complexity index is 766. The van der Waals surface area contributed by atoms with Gasteiger partial charge in [-0.2, -0.15) is 12.7 Å². The molecule has 10 heteroatoms. The average molecular weight is 351 g/mol. The molecular formula is C14H21N7O2S. The minimum atomic E-state index is -3.42. The van der Waals surface area contributed by atoms with Crippen molar-refractivity contribution in [3.05, 3.63) is 36.3 Å². The first-order chi connectivity index (χ1) is 11.4. The summed E-state index contributed by atoms with van der Waals surface area (Å²) in [4.78, 5) is 12.8. The molecule has 130 valence electrons. The number of anilines is 3. The van der Waals surface area contributed by atoms with E-state index in [1.165, 1.54) is 14.1 Å². The second kappa shape index (κ2) is 7.99. The summed E-state index contributed by atoms with van der Waals surface area (Å²) >= 11 is 0. The number of nitrogens with zero attached hydrogens (tertiary/aromatic N) is 4. The SMILES string of the molecule is Cc1nc(NCCNS(=O)(=O)N(C)C)cc(Nc2ccccn2)n1. The van der Waals surface area contributed by atoms with Gasteiger partial charge in [0.25, 0.3) is 10.2 Å². The van der Waals surface area contributed by atoms with Gasteiger partial charge in [-0.15, -0.1) is 0 Å². The van der Waals surface area contributed by atoms with Crippen LogP contribution in [0.4, 0.5) is 17.5 Å². The summed E-state index contributed by atoms with van der Waals surface area (Å²) in [6.07, 6.45) is 1.69.